The molecule has 0 saturated carbocycles. The lowest BCUT2D eigenvalue weighted by Gasteiger charge is -2.09. The molecular weight excluding hydrogens is 220 g/mol. The molecule has 96 valence electrons. The molecule has 0 heterocycles. The normalized spacial score (nSPS) is 9.28. The van der Waals surface area contributed by atoms with E-state index in [4.69, 9.17) is 4.74 Å². The minimum Gasteiger partial charge on any atom is -0.489 e. The highest BCUT2D eigenvalue weighted by atomic mass is 16.5. The summed E-state index contributed by atoms with van der Waals surface area (Å²) in [5, 5.41) is 0. The minimum absolute atomic E-state index is 0.637. The summed E-state index contributed by atoms with van der Waals surface area (Å²) in [4.78, 5) is 0. The van der Waals surface area contributed by atoms with Gasteiger partial charge in [-0.25, -0.2) is 0 Å². The van der Waals surface area contributed by atoms with Crippen molar-refractivity contribution in [2.24, 2.45) is 0 Å². The Morgan fingerprint density at radius 2 is 1.44 bits per heavy atom. The minimum atomic E-state index is 0.637. The SMILES string of the molecule is CC.CCc1ccccc1OCc1ccccc1. The number of aryl methyl sites for hydroxylation is 1. The van der Waals surface area contributed by atoms with E-state index in [9.17, 15) is 0 Å². The Hall–Kier alpha value is -1.76. The summed E-state index contributed by atoms with van der Waals surface area (Å²) in [5.41, 5.74) is 2.46. The average molecular weight is 242 g/mol. The Balaban J connectivity index is 0.000000771. The topological polar surface area (TPSA) is 9.23 Å². The van der Waals surface area contributed by atoms with Crippen LogP contribution in [0.2, 0.25) is 0 Å². The van der Waals surface area contributed by atoms with Crippen LogP contribution in [-0.4, -0.2) is 0 Å². The van der Waals surface area contributed by atoms with Crippen LogP contribution in [0.15, 0.2) is 54.6 Å². The fourth-order valence-electron chi connectivity index (χ4n) is 1.67. The highest BCUT2D eigenvalue weighted by molar-refractivity contribution is 5.33. The van der Waals surface area contributed by atoms with Crippen LogP contribution in [0.1, 0.15) is 31.9 Å². The summed E-state index contributed by atoms with van der Waals surface area (Å²) >= 11 is 0. The van der Waals surface area contributed by atoms with E-state index in [1.54, 1.807) is 0 Å². The number of benzene rings is 2. The lowest BCUT2D eigenvalue weighted by atomic mass is 10.1. The Morgan fingerprint density at radius 1 is 0.833 bits per heavy atom. The molecule has 0 radical (unpaired) electrons. The molecule has 0 spiro atoms. The van der Waals surface area contributed by atoms with E-state index in [1.807, 2.05) is 50.2 Å². The molecule has 1 heteroatoms. The van der Waals surface area contributed by atoms with E-state index in [1.165, 1.54) is 11.1 Å². The first-order chi connectivity index (χ1) is 8.90. The van der Waals surface area contributed by atoms with Gasteiger partial charge < -0.3 is 4.74 Å². The van der Waals surface area contributed by atoms with Crippen molar-refractivity contribution in [1.29, 1.82) is 0 Å². The summed E-state index contributed by atoms with van der Waals surface area (Å²) in [5.74, 6) is 0.994. The van der Waals surface area contributed by atoms with Gasteiger partial charge in [-0.3, -0.25) is 0 Å². The molecule has 0 fully saturated rings. The van der Waals surface area contributed by atoms with Gasteiger partial charge in [0.15, 0.2) is 0 Å². The zero-order valence-corrected chi connectivity index (χ0v) is 11.5. The van der Waals surface area contributed by atoms with Gasteiger partial charge in [0.25, 0.3) is 0 Å². The Bertz CT molecular complexity index is 434. The van der Waals surface area contributed by atoms with Gasteiger partial charge >= 0.3 is 0 Å². The van der Waals surface area contributed by atoms with Crippen molar-refractivity contribution in [2.45, 2.75) is 33.8 Å². The third-order valence-electron chi connectivity index (χ3n) is 2.59. The first-order valence-electron chi connectivity index (χ1n) is 6.65. The monoisotopic (exact) mass is 242 g/mol. The maximum Gasteiger partial charge on any atom is 0.122 e. The van der Waals surface area contributed by atoms with Crippen molar-refractivity contribution in [3.63, 3.8) is 0 Å². The predicted molar refractivity (Wildman–Crippen MR) is 77.9 cm³/mol. The van der Waals surface area contributed by atoms with E-state index in [2.05, 4.69) is 25.1 Å². The summed E-state index contributed by atoms with van der Waals surface area (Å²) in [6.07, 6.45) is 1.00. The molecule has 0 aliphatic carbocycles. The lowest BCUT2D eigenvalue weighted by molar-refractivity contribution is 0.303. The smallest absolute Gasteiger partial charge is 0.122 e. The summed E-state index contributed by atoms with van der Waals surface area (Å²) in [7, 11) is 0. The quantitative estimate of drug-likeness (QED) is 0.744. The average Bonchev–Trinajstić information content (AvgIpc) is 2.48. The molecule has 0 saturated heterocycles. The highest BCUT2D eigenvalue weighted by Gasteiger charge is 2.00. The van der Waals surface area contributed by atoms with Crippen LogP contribution in [0, 0.1) is 0 Å². The van der Waals surface area contributed by atoms with Crippen LogP contribution in [0.3, 0.4) is 0 Å². The van der Waals surface area contributed by atoms with E-state index < -0.39 is 0 Å². The van der Waals surface area contributed by atoms with Crippen molar-refractivity contribution in [3.05, 3.63) is 65.7 Å². The summed E-state index contributed by atoms with van der Waals surface area (Å²) < 4.78 is 5.81. The second-order valence-corrected chi connectivity index (χ2v) is 3.74. The third kappa shape index (κ3) is 4.25. The maximum atomic E-state index is 5.81. The number of hydrogen-bond donors (Lipinski definition) is 0. The standard InChI is InChI=1S/C15H16O.C2H6/c1-2-14-10-6-7-11-15(14)16-12-13-8-4-3-5-9-13;1-2/h3-11H,2,12H2,1H3;1-2H3. The molecule has 0 N–H and O–H groups in total. The zero-order chi connectivity index (χ0) is 13.2. The molecule has 0 unspecified atom stereocenters. The predicted octanol–water partition coefficient (Wildman–Crippen LogP) is 4.85. The molecular formula is C17H22O. The number of rotatable bonds is 4. The molecule has 1 nitrogen and oxygen atoms in total. The van der Waals surface area contributed by atoms with E-state index in [-0.39, 0.29) is 0 Å². The third-order valence-corrected chi connectivity index (χ3v) is 2.59. The van der Waals surface area contributed by atoms with Crippen molar-refractivity contribution in [1.82, 2.24) is 0 Å². The molecule has 0 amide bonds. The van der Waals surface area contributed by atoms with Crippen LogP contribution in [-0.2, 0) is 13.0 Å². The van der Waals surface area contributed by atoms with Crippen LogP contribution < -0.4 is 4.74 Å². The summed E-state index contributed by atoms with van der Waals surface area (Å²) in [6.45, 7) is 6.78. The number of hydrogen-bond acceptors (Lipinski definition) is 1. The Morgan fingerprint density at radius 3 is 2.11 bits per heavy atom. The lowest BCUT2D eigenvalue weighted by Crippen LogP contribution is -1.97. The van der Waals surface area contributed by atoms with Gasteiger partial charge in [-0.15, -0.1) is 0 Å². The first-order valence-corrected chi connectivity index (χ1v) is 6.65. The first kappa shape index (κ1) is 14.3. The molecule has 2 rings (SSSR count). The van der Waals surface area contributed by atoms with E-state index in [0.29, 0.717) is 6.61 Å². The van der Waals surface area contributed by atoms with Gasteiger partial charge in [-0.1, -0.05) is 69.3 Å². The largest absolute Gasteiger partial charge is 0.489 e. The van der Waals surface area contributed by atoms with Crippen LogP contribution >= 0.6 is 0 Å². The second kappa shape index (κ2) is 8.35. The van der Waals surface area contributed by atoms with Crippen molar-refractivity contribution in [3.8, 4) is 5.75 Å². The van der Waals surface area contributed by atoms with Crippen molar-refractivity contribution >= 4 is 0 Å². The molecule has 0 aliphatic rings. The van der Waals surface area contributed by atoms with Crippen molar-refractivity contribution in [2.75, 3.05) is 0 Å². The zero-order valence-electron chi connectivity index (χ0n) is 11.5. The van der Waals surface area contributed by atoms with E-state index in [0.717, 1.165) is 12.2 Å². The Labute approximate surface area is 110 Å². The van der Waals surface area contributed by atoms with Gasteiger partial charge in [0.2, 0.25) is 0 Å². The molecule has 18 heavy (non-hydrogen) atoms. The highest BCUT2D eigenvalue weighted by Crippen LogP contribution is 2.19. The molecule has 0 atom stereocenters. The van der Waals surface area contributed by atoms with Crippen molar-refractivity contribution < 1.29 is 4.74 Å². The van der Waals surface area contributed by atoms with E-state index >= 15 is 0 Å². The van der Waals surface area contributed by atoms with Crippen LogP contribution in [0.5, 0.6) is 5.75 Å². The molecule has 0 bridgehead atoms. The molecule has 0 aromatic heterocycles. The van der Waals surface area contributed by atoms with Gasteiger partial charge in [0.1, 0.15) is 12.4 Å². The fourth-order valence-corrected chi connectivity index (χ4v) is 1.67. The van der Waals surface area contributed by atoms with Gasteiger partial charge in [-0.2, -0.15) is 0 Å². The van der Waals surface area contributed by atoms with Gasteiger partial charge in [-0.05, 0) is 23.6 Å². The van der Waals surface area contributed by atoms with Crippen LogP contribution in [0.25, 0.3) is 0 Å². The maximum absolute atomic E-state index is 5.81. The molecule has 2 aromatic carbocycles. The molecule has 2 aromatic rings. The number of ether oxygens (including phenoxy) is 1. The number of para-hydroxylation sites is 1. The van der Waals surface area contributed by atoms with Gasteiger partial charge in [0.05, 0.1) is 0 Å². The Kier molecular flexibility index (Phi) is 6.63. The fraction of sp³-hybridized carbons (Fsp3) is 0.294. The summed E-state index contributed by atoms with van der Waals surface area (Å²) in [6, 6.07) is 18.4. The second-order valence-electron chi connectivity index (χ2n) is 3.74. The van der Waals surface area contributed by atoms with Gasteiger partial charge in [0, 0.05) is 0 Å². The van der Waals surface area contributed by atoms with Crippen LogP contribution in [0.4, 0.5) is 0 Å². The molecule has 0 aliphatic heterocycles.